The number of aromatic nitrogens is 5. The van der Waals surface area contributed by atoms with Gasteiger partial charge in [-0.05, 0) is 159 Å². The predicted octanol–water partition coefficient (Wildman–Crippen LogP) is 18.8. The molecular weight excluding hydrogens is 975 g/mol. The highest BCUT2D eigenvalue weighted by molar-refractivity contribution is 5.95. The average Bonchev–Trinajstić information content (AvgIpc) is 4.09. The Morgan fingerprint density at radius 1 is 0.312 bits per heavy atom. The Kier molecular flexibility index (Phi) is 12.2. The fraction of sp³-hybridized carbons (Fsp3) is 0.0946. The first-order chi connectivity index (χ1) is 39.3. The molecule has 5 heterocycles. The van der Waals surface area contributed by atoms with E-state index in [9.17, 15) is 0 Å². The zero-order chi connectivity index (χ0) is 53.6. The third-order valence-corrected chi connectivity index (χ3v) is 17.0. The van der Waals surface area contributed by atoms with E-state index < -0.39 is 0 Å². The van der Waals surface area contributed by atoms with Crippen molar-refractivity contribution in [2.45, 2.75) is 43.9 Å². The molecule has 1 aliphatic heterocycles. The lowest BCUT2D eigenvalue weighted by Crippen LogP contribution is -2.41. The highest BCUT2D eigenvalue weighted by Gasteiger charge is 2.52. The van der Waals surface area contributed by atoms with Crippen molar-refractivity contribution in [1.82, 2.24) is 24.9 Å². The molecule has 2 atom stereocenters. The molecule has 0 radical (unpaired) electrons. The third kappa shape index (κ3) is 8.76. The van der Waals surface area contributed by atoms with Crippen LogP contribution in [0.15, 0.2) is 261 Å². The first-order valence-electron chi connectivity index (χ1n) is 27.6. The van der Waals surface area contributed by atoms with Crippen LogP contribution in [0.4, 0.5) is 0 Å². The van der Waals surface area contributed by atoms with Crippen molar-refractivity contribution in [3.63, 3.8) is 0 Å². The molecular formula is C74H55N5O. The molecule has 6 heteroatoms. The van der Waals surface area contributed by atoms with E-state index in [0.717, 1.165) is 137 Å². The molecule has 8 bridgehead atoms. The highest BCUT2D eigenvalue weighted by atomic mass is 16.5. The molecule has 1 aliphatic carbocycles. The summed E-state index contributed by atoms with van der Waals surface area (Å²) in [4.78, 5) is 25.0. The van der Waals surface area contributed by atoms with E-state index in [1.807, 2.05) is 48.9 Å². The Morgan fingerprint density at radius 2 is 0.787 bits per heavy atom. The summed E-state index contributed by atoms with van der Waals surface area (Å²) in [6.07, 6.45) is 8.72. The molecule has 1 fully saturated rings. The fourth-order valence-corrected chi connectivity index (χ4v) is 12.4. The van der Waals surface area contributed by atoms with Crippen LogP contribution in [-0.2, 0) is 10.8 Å². The highest BCUT2D eigenvalue weighted by Crippen LogP contribution is 2.55. The number of nitrogens with zero attached hydrogens (tertiary/aromatic N) is 5. The van der Waals surface area contributed by atoms with Crippen molar-refractivity contribution < 1.29 is 4.74 Å². The van der Waals surface area contributed by atoms with Crippen LogP contribution in [0, 0.1) is 0 Å². The monoisotopic (exact) mass is 1030 g/mol. The fourth-order valence-electron chi connectivity index (χ4n) is 12.4. The molecule has 0 spiro atoms. The van der Waals surface area contributed by atoms with Crippen LogP contribution in [0.1, 0.15) is 44.5 Å². The topological polar surface area (TPSA) is 73.7 Å². The lowest BCUT2D eigenvalue weighted by molar-refractivity contribution is 0.288. The molecule has 2 aliphatic rings. The maximum atomic E-state index is 7.17. The molecule has 14 rings (SSSR count). The first-order valence-corrected chi connectivity index (χ1v) is 27.6. The van der Waals surface area contributed by atoms with Gasteiger partial charge in [-0.2, -0.15) is 0 Å². The number of benzene rings is 8. The normalized spacial score (nSPS) is 16.2. The molecule has 8 aromatic carbocycles. The summed E-state index contributed by atoms with van der Waals surface area (Å²) in [5.74, 6) is 2.08. The van der Waals surface area contributed by atoms with E-state index in [4.69, 9.17) is 19.7 Å². The van der Waals surface area contributed by atoms with E-state index in [-0.39, 0.29) is 10.8 Å². The second-order valence-electron chi connectivity index (χ2n) is 21.6. The SMILES string of the molecule is CC12CCCC1(C)c1ccnc(n1)-c1ccc(-c3ccccc3-c3cc(-c4ccccc4-c4ccc(-c5ccccn5)cc4)cc(-c4ccccc4-c4ccc(-c5ccccn5)cc4)c3)c(c1)Oc1cccc(c1)-c1cccc2n1. The standard InChI is InChI=1S/C74H55N5O/c1-73-39-15-40-74(73,2)71-38-43-77-72(79-71)54-36-37-65(69(48-54)80-58-17-13-16-53(47-58)68-26-14-27-70(73)78-68)64-23-8-7-22-63(64)57-45-55(61-20-5-3-18-59(61)49-28-32-51(33-29-49)66-24-9-11-41-75-66)44-56(46-57)62-21-6-4-19-60(62)50-30-34-52(35-31-50)67-25-10-12-42-76-67/h3-14,16-38,41-48H,15,39-40H2,1-2H3. The van der Waals surface area contributed by atoms with Gasteiger partial charge in [0.25, 0.3) is 0 Å². The third-order valence-electron chi connectivity index (χ3n) is 17.0. The van der Waals surface area contributed by atoms with Gasteiger partial charge < -0.3 is 4.74 Å². The predicted molar refractivity (Wildman–Crippen MR) is 325 cm³/mol. The Labute approximate surface area is 467 Å². The smallest absolute Gasteiger partial charge is 0.159 e. The molecule has 80 heavy (non-hydrogen) atoms. The van der Waals surface area contributed by atoms with Crippen LogP contribution in [-0.4, -0.2) is 24.9 Å². The van der Waals surface area contributed by atoms with Gasteiger partial charge in [0.1, 0.15) is 11.5 Å². The van der Waals surface area contributed by atoms with Crippen LogP contribution in [0.25, 0.3) is 112 Å². The van der Waals surface area contributed by atoms with Crippen molar-refractivity contribution in [3.05, 3.63) is 273 Å². The number of ether oxygens (including phenoxy) is 1. The zero-order valence-corrected chi connectivity index (χ0v) is 44.6. The summed E-state index contributed by atoms with van der Waals surface area (Å²) >= 11 is 0. The molecule has 2 unspecified atom stereocenters. The maximum Gasteiger partial charge on any atom is 0.159 e. The summed E-state index contributed by atoms with van der Waals surface area (Å²) in [5.41, 5.74) is 21.5. The lowest BCUT2D eigenvalue weighted by Gasteiger charge is -2.40. The summed E-state index contributed by atoms with van der Waals surface area (Å²) < 4.78 is 7.17. The molecule has 0 amide bonds. The Hall–Kier alpha value is -9.91. The first kappa shape index (κ1) is 48.5. The molecule has 12 aromatic rings. The van der Waals surface area contributed by atoms with Crippen LogP contribution in [0.2, 0.25) is 0 Å². The van der Waals surface area contributed by atoms with Gasteiger partial charge in [0.15, 0.2) is 5.82 Å². The minimum absolute atomic E-state index is 0.235. The minimum atomic E-state index is -0.264. The number of hydrogen-bond acceptors (Lipinski definition) is 6. The number of rotatable bonds is 8. The molecule has 1 saturated carbocycles. The van der Waals surface area contributed by atoms with Crippen molar-refractivity contribution in [2.24, 2.45) is 0 Å². The second-order valence-corrected chi connectivity index (χ2v) is 21.6. The van der Waals surface area contributed by atoms with Gasteiger partial charge >= 0.3 is 0 Å². The van der Waals surface area contributed by atoms with E-state index in [1.165, 1.54) is 0 Å². The zero-order valence-electron chi connectivity index (χ0n) is 44.6. The van der Waals surface area contributed by atoms with Crippen molar-refractivity contribution in [2.75, 3.05) is 0 Å². The van der Waals surface area contributed by atoms with E-state index in [1.54, 1.807) is 0 Å². The van der Waals surface area contributed by atoms with Crippen LogP contribution < -0.4 is 4.74 Å². The Morgan fingerprint density at radius 3 is 1.35 bits per heavy atom. The van der Waals surface area contributed by atoms with Gasteiger partial charge in [-0.3, -0.25) is 15.0 Å². The minimum Gasteiger partial charge on any atom is -0.457 e. The molecule has 4 aromatic heterocycles. The molecule has 0 saturated heterocycles. The largest absolute Gasteiger partial charge is 0.457 e. The quantitative estimate of drug-likeness (QED) is 0.151. The van der Waals surface area contributed by atoms with Crippen molar-refractivity contribution >= 4 is 0 Å². The van der Waals surface area contributed by atoms with Gasteiger partial charge in [0, 0.05) is 62.9 Å². The van der Waals surface area contributed by atoms with Crippen molar-refractivity contribution in [1.29, 1.82) is 0 Å². The van der Waals surface area contributed by atoms with Crippen LogP contribution in [0.3, 0.4) is 0 Å². The van der Waals surface area contributed by atoms with Crippen molar-refractivity contribution in [3.8, 4) is 123 Å². The Balaban J connectivity index is 0.943. The van der Waals surface area contributed by atoms with Gasteiger partial charge in [-0.1, -0.05) is 178 Å². The Bertz CT molecular complexity index is 4130. The summed E-state index contributed by atoms with van der Waals surface area (Å²) in [5, 5.41) is 0. The van der Waals surface area contributed by atoms with Gasteiger partial charge in [-0.25, -0.2) is 9.97 Å². The molecule has 382 valence electrons. The summed E-state index contributed by atoms with van der Waals surface area (Å²) in [7, 11) is 0. The van der Waals surface area contributed by atoms with Gasteiger partial charge in [0.05, 0.1) is 22.8 Å². The lowest BCUT2D eigenvalue weighted by atomic mass is 9.64. The average molecular weight is 1030 g/mol. The van der Waals surface area contributed by atoms with E-state index in [2.05, 4.69) is 236 Å². The van der Waals surface area contributed by atoms with E-state index >= 15 is 0 Å². The number of hydrogen-bond donors (Lipinski definition) is 0. The molecule has 6 nitrogen and oxygen atoms in total. The summed E-state index contributed by atoms with van der Waals surface area (Å²) in [6.45, 7) is 4.74. The number of pyridine rings is 3. The molecule has 0 N–H and O–H groups in total. The van der Waals surface area contributed by atoms with Gasteiger partial charge in [-0.15, -0.1) is 0 Å². The van der Waals surface area contributed by atoms with Crippen LogP contribution in [0.5, 0.6) is 11.5 Å². The number of fused-ring (bicyclic) bond motifs is 13. The van der Waals surface area contributed by atoms with E-state index in [0.29, 0.717) is 17.3 Å². The van der Waals surface area contributed by atoms with Gasteiger partial charge in [0.2, 0.25) is 0 Å². The van der Waals surface area contributed by atoms with Crippen LogP contribution >= 0.6 is 0 Å². The maximum absolute atomic E-state index is 7.17. The second kappa shape index (κ2) is 20.1. The summed E-state index contributed by atoms with van der Waals surface area (Å²) in [6, 6.07) is 86.2.